The van der Waals surface area contributed by atoms with Crippen LogP contribution in [0.15, 0.2) is 52.0 Å². The van der Waals surface area contributed by atoms with Crippen LogP contribution in [0.2, 0.25) is 0 Å². The summed E-state index contributed by atoms with van der Waals surface area (Å²) < 4.78 is 38.4. The first-order valence-corrected chi connectivity index (χ1v) is 10.4. The van der Waals surface area contributed by atoms with E-state index in [9.17, 15) is 13.2 Å². The molecule has 3 heterocycles. The molecule has 2 aliphatic rings. The molecular weight excluding hydrogens is 368 g/mol. The van der Waals surface area contributed by atoms with E-state index in [-0.39, 0.29) is 16.2 Å². The minimum absolute atomic E-state index is 0.132. The van der Waals surface area contributed by atoms with E-state index in [0.717, 1.165) is 0 Å². The number of nitrogens with zero attached hydrogens (tertiary/aromatic N) is 2. The summed E-state index contributed by atoms with van der Waals surface area (Å²) in [5, 5.41) is 0. The number of benzene rings is 1. The Hall–Kier alpha value is -2.32. The minimum atomic E-state index is -3.61. The molecule has 4 rings (SSSR count). The molecule has 0 radical (unpaired) electrons. The van der Waals surface area contributed by atoms with Crippen LogP contribution >= 0.6 is 0 Å². The van der Waals surface area contributed by atoms with E-state index in [4.69, 9.17) is 9.15 Å². The van der Waals surface area contributed by atoms with Gasteiger partial charge in [0.25, 0.3) is 5.91 Å². The van der Waals surface area contributed by atoms with Crippen LogP contribution < -0.4 is 4.74 Å². The summed E-state index contributed by atoms with van der Waals surface area (Å²) in [6.45, 7) is 1.87. The molecule has 8 heteroatoms. The van der Waals surface area contributed by atoms with Crippen molar-refractivity contribution in [2.24, 2.45) is 5.41 Å². The molecule has 7 nitrogen and oxygen atoms in total. The van der Waals surface area contributed by atoms with Crippen molar-refractivity contribution in [2.45, 2.75) is 17.7 Å². The van der Waals surface area contributed by atoms with Crippen molar-refractivity contribution < 1.29 is 22.4 Å². The highest BCUT2D eigenvalue weighted by atomic mass is 32.2. The van der Waals surface area contributed by atoms with Gasteiger partial charge in [-0.1, -0.05) is 12.1 Å². The maximum atomic E-state index is 12.9. The molecule has 0 aliphatic carbocycles. The van der Waals surface area contributed by atoms with Gasteiger partial charge in [-0.25, -0.2) is 12.7 Å². The zero-order chi connectivity index (χ0) is 19.1. The van der Waals surface area contributed by atoms with Gasteiger partial charge >= 0.3 is 0 Å². The average molecular weight is 390 g/mol. The second kappa shape index (κ2) is 6.69. The zero-order valence-electron chi connectivity index (χ0n) is 15.1. The number of para-hydroxylation sites is 1. The molecule has 1 saturated heterocycles. The third kappa shape index (κ3) is 3.23. The Labute approximate surface area is 158 Å². The largest absolute Gasteiger partial charge is 0.492 e. The summed E-state index contributed by atoms with van der Waals surface area (Å²) in [6, 6.07) is 10.1. The van der Waals surface area contributed by atoms with Crippen molar-refractivity contribution in [1.82, 2.24) is 9.21 Å². The molecule has 144 valence electrons. The Morgan fingerprint density at radius 2 is 1.85 bits per heavy atom. The Morgan fingerprint density at radius 1 is 1.11 bits per heavy atom. The number of sulfonamides is 1. The van der Waals surface area contributed by atoms with Crippen LogP contribution in [0, 0.1) is 5.41 Å². The predicted octanol–water partition coefficient (Wildman–Crippen LogP) is 2.22. The lowest BCUT2D eigenvalue weighted by atomic mass is 9.79. The molecule has 0 atom stereocenters. The Morgan fingerprint density at radius 3 is 2.56 bits per heavy atom. The van der Waals surface area contributed by atoms with Gasteiger partial charge in [0.15, 0.2) is 5.76 Å². The third-order valence-corrected chi connectivity index (χ3v) is 7.32. The molecule has 0 unspecified atom stereocenters. The number of amides is 1. The van der Waals surface area contributed by atoms with Gasteiger partial charge in [0.1, 0.15) is 10.6 Å². The minimum Gasteiger partial charge on any atom is -0.492 e. The number of rotatable bonds is 1. The van der Waals surface area contributed by atoms with Crippen molar-refractivity contribution in [3.8, 4) is 5.75 Å². The molecule has 0 saturated carbocycles. The number of fused-ring (bicyclic) bond motifs is 1. The molecule has 2 aromatic rings. The first-order chi connectivity index (χ1) is 12.9. The normalized spacial score (nSPS) is 21.7. The second-order valence-corrected chi connectivity index (χ2v) is 9.28. The predicted molar refractivity (Wildman–Crippen MR) is 98.0 cm³/mol. The topological polar surface area (TPSA) is 80.1 Å². The van der Waals surface area contributed by atoms with Crippen LogP contribution in [-0.2, 0) is 10.0 Å². The number of ether oxygens (including phenoxy) is 1. The molecule has 0 bridgehead atoms. The molecule has 1 amide bonds. The lowest BCUT2D eigenvalue weighted by molar-refractivity contribution is 0.0307. The van der Waals surface area contributed by atoms with Crippen molar-refractivity contribution in [1.29, 1.82) is 0 Å². The Kier molecular flexibility index (Phi) is 4.47. The molecular formula is C19H22N2O5S. The summed E-state index contributed by atoms with van der Waals surface area (Å²) in [5.74, 6) is 0.582. The summed E-state index contributed by atoms with van der Waals surface area (Å²) in [5.41, 5.74) is -0.324. The van der Waals surface area contributed by atoms with Gasteiger partial charge < -0.3 is 14.1 Å². The average Bonchev–Trinajstić information content (AvgIpc) is 3.21. The maximum absolute atomic E-state index is 12.9. The quantitative estimate of drug-likeness (QED) is 0.746. The standard InChI is InChI=1S/C19H22N2O5S/c1-20-13-19(14-26-15-5-2-3-7-17(15)27(20,23)24)8-10-21(11-9-19)18(22)16-6-4-12-25-16/h2-7,12H,8-11,13-14H2,1H3. The lowest BCUT2D eigenvalue weighted by Gasteiger charge is -2.44. The van der Waals surface area contributed by atoms with Gasteiger partial charge in [-0.3, -0.25) is 4.79 Å². The van der Waals surface area contributed by atoms with Crippen LogP contribution in [0.3, 0.4) is 0 Å². The first-order valence-electron chi connectivity index (χ1n) is 8.92. The fourth-order valence-electron chi connectivity index (χ4n) is 3.83. The van der Waals surface area contributed by atoms with Crippen molar-refractivity contribution >= 4 is 15.9 Å². The third-order valence-electron chi connectivity index (χ3n) is 5.47. The molecule has 2 aliphatic heterocycles. The number of piperidine rings is 1. The van der Waals surface area contributed by atoms with Crippen LogP contribution in [-0.4, -0.2) is 56.8 Å². The highest BCUT2D eigenvalue weighted by Gasteiger charge is 2.42. The number of likely N-dealkylation sites (tertiary alicyclic amines) is 1. The summed E-state index contributed by atoms with van der Waals surface area (Å²) >= 11 is 0. The van der Waals surface area contributed by atoms with Crippen LogP contribution in [0.1, 0.15) is 23.4 Å². The molecule has 1 fully saturated rings. The van der Waals surface area contributed by atoms with E-state index in [2.05, 4.69) is 0 Å². The Balaban J connectivity index is 1.55. The van der Waals surface area contributed by atoms with E-state index in [0.29, 0.717) is 50.6 Å². The van der Waals surface area contributed by atoms with Crippen molar-refractivity contribution in [2.75, 3.05) is 33.3 Å². The van der Waals surface area contributed by atoms with E-state index >= 15 is 0 Å². The molecule has 1 aromatic carbocycles. The number of hydrogen-bond donors (Lipinski definition) is 0. The summed E-state index contributed by atoms with van der Waals surface area (Å²) in [4.78, 5) is 14.4. The first kappa shape index (κ1) is 18.1. The van der Waals surface area contributed by atoms with E-state index < -0.39 is 10.0 Å². The van der Waals surface area contributed by atoms with Gasteiger partial charge in [-0.05, 0) is 37.1 Å². The lowest BCUT2D eigenvalue weighted by Crippen LogP contribution is -2.51. The van der Waals surface area contributed by atoms with E-state index in [1.807, 2.05) is 0 Å². The second-order valence-electron chi connectivity index (χ2n) is 7.27. The maximum Gasteiger partial charge on any atom is 0.289 e. The van der Waals surface area contributed by atoms with Gasteiger partial charge in [-0.15, -0.1) is 0 Å². The highest BCUT2D eigenvalue weighted by molar-refractivity contribution is 7.89. The van der Waals surface area contributed by atoms with E-state index in [1.54, 1.807) is 48.3 Å². The zero-order valence-corrected chi connectivity index (χ0v) is 15.9. The van der Waals surface area contributed by atoms with Crippen LogP contribution in [0.25, 0.3) is 0 Å². The molecule has 27 heavy (non-hydrogen) atoms. The summed E-state index contributed by atoms with van der Waals surface area (Å²) in [7, 11) is -2.00. The van der Waals surface area contributed by atoms with Gasteiger partial charge in [0.2, 0.25) is 10.0 Å². The van der Waals surface area contributed by atoms with Crippen molar-refractivity contribution in [3.63, 3.8) is 0 Å². The fourth-order valence-corrected chi connectivity index (χ4v) is 5.24. The number of furan rings is 1. The summed E-state index contributed by atoms with van der Waals surface area (Å²) in [6.07, 6.45) is 2.82. The monoisotopic (exact) mass is 390 g/mol. The van der Waals surface area contributed by atoms with Gasteiger partial charge in [0, 0.05) is 32.1 Å². The number of carbonyl (C=O) groups is 1. The van der Waals surface area contributed by atoms with Gasteiger partial charge in [0.05, 0.1) is 12.9 Å². The molecule has 0 N–H and O–H groups in total. The van der Waals surface area contributed by atoms with Crippen LogP contribution in [0.5, 0.6) is 5.75 Å². The number of hydrogen-bond acceptors (Lipinski definition) is 5. The van der Waals surface area contributed by atoms with Crippen LogP contribution in [0.4, 0.5) is 0 Å². The highest BCUT2D eigenvalue weighted by Crippen LogP contribution is 2.38. The molecule has 1 spiro atoms. The van der Waals surface area contributed by atoms with E-state index in [1.165, 1.54) is 10.6 Å². The fraction of sp³-hybridized carbons (Fsp3) is 0.421. The van der Waals surface area contributed by atoms with Crippen molar-refractivity contribution in [3.05, 3.63) is 48.4 Å². The van der Waals surface area contributed by atoms with Gasteiger partial charge in [-0.2, -0.15) is 0 Å². The SMILES string of the molecule is CN1CC2(CCN(C(=O)c3ccco3)CC2)COc2ccccc2S1(=O)=O. The number of carbonyl (C=O) groups excluding carboxylic acids is 1. The molecule has 1 aromatic heterocycles. The Bertz CT molecular complexity index is 931. The smallest absolute Gasteiger partial charge is 0.289 e.